The van der Waals surface area contributed by atoms with Crippen LogP contribution in [0.4, 0.5) is 13.2 Å². The summed E-state index contributed by atoms with van der Waals surface area (Å²) in [6, 6.07) is 3.17. The average molecular weight is 255 g/mol. The van der Waals surface area contributed by atoms with E-state index in [1.165, 1.54) is 6.07 Å². The first-order valence-electron chi connectivity index (χ1n) is 5.34. The quantitative estimate of drug-likeness (QED) is 0.852. The standard InChI is InChI=1S/C12H12F3N3/c1-16-12(9-5-6-18(2)17-9)7-3-4-8(13)11(15)10(7)14/h3-6,12,16H,1-2H3. The molecule has 18 heavy (non-hydrogen) atoms. The first-order chi connectivity index (χ1) is 8.54. The fourth-order valence-electron chi connectivity index (χ4n) is 1.81. The zero-order valence-corrected chi connectivity index (χ0v) is 9.92. The van der Waals surface area contributed by atoms with Crippen LogP contribution in [-0.2, 0) is 7.05 Å². The Morgan fingerprint density at radius 2 is 1.89 bits per heavy atom. The molecule has 0 aliphatic heterocycles. The van der Waals surface area contributed by atoms with Crippen LogP contribution in [0.25, 0.3) is 0 Å². The van der Waals surface area contributed by atoms with Crippen molar-refractivity contribution >= 4 is 0 Å². The minimum Gasteiger partial charge on any atom is -0.308 e. The van der Waals surface area contributed by atoms with Gasteiger partial charge in [-0.1, -0.05) is 6.07 Å². The van der Waals surface area contributed by atoms with Gasteiger partial charge in [-0.15, -0.1) is 0 Å². The van der Waals surface area contributed by atoms with Crippen LogP contribution < -0.4 is 5.32 Å². The molecule has 0 saturated carbocycles. The van der Waals surface area contributed by atoms with E-state index in [2.05, 4.69) is 10.4 Å². The third-order valence-electron chi connectivity index (χ3n) is 2.69. The molecule has 0 aliphatic carbocycles. The van der Waals surface area contributed by atoms with Crippen LogP contribution in [-0.4, -0.2) is 16.8 Å². The summed E-state index contributed by atoms with van der Waals surface area (Å²) in [5.74, 6) is -3.86. The smallest absolute Gasteiger partial charge is 0.194 e. The molecule has 0 aliphatic rings. The van der Waals surface area contributed by atoms with Gasteiger partial charge >= 0.3 is 0 Å². The summed E-state index contributed by atoms with van der Waals surface area (Å²) in [4.78, 5) is 0. The number of hydrogen-bond donors (Lipinski definition) is 1. The van der Waals surface area contributed by atoms with Gasteiger partial charge in [0.25, 0.3) is 0 Å². The zero-order chi connectivity index (χ0) is 13.3. The SMILES string of the molecule is CNC(c1ccn(C)n1)c1ccc(F)c(F)c1F. The van der Waals surface area contributed by atoms with E-state index in [0.717, 1.165) is 6.07 Å². The summed E-state index contributed by atoms with van der Waals surface area (Å²) in [5, 5.41) is 6.95. The fourth-order valence-corrected chi connectivity index (χ4v) is 1.81. The predicted molar refractivity (Wildman–Crippen MR) is 60.4 cm³/mol. The number of aryl methyl sites for hydroxylation is 1. The molecule has 1 atom stereocenters. The van der Waals surface area contributed by atoms with E-state index in [-0.39, 0.29) is 5.56 Å². The van der Waals surface area contributed by atoms with E-state index >= 15 is 0 Å². The summed E-state index contributed by atoms with van der Waals surface area (Å²) in [7, 11) is 3.32. The lowest BCUT2D eigenvalue weighted by atomic mass is 10.0. The minimum atomic E-state index is -1.47. The van der Waals surface area contributed by atoms with Crippen LogP contribution >= 0.6 is 0 Å². The van der Waals surface area contributed by atoms with Crippen molar-refractivity contribution in [3.63, 3.8) is 0 Å². The molecule has 6 heteroatoms. The van der Waals surface area contributed by atoms with E-state index < -0.39 is 23.5 Å². The van der Waals surface area contributed by atoms with E-state index in [9.17, 15) is 13.2 Å². The Morgan fingerprint density at radius 3 is 2.44 bits per heavy atom. The number of rotatable bonds is 3. The predicted octanol–water partition coefficient (Wildman–Crippen LogP) is 2.15. The third kappa shape index (κ3) is 2.11. The van der Waals surface area contributed by atoms with Crippen molar-refractivity contribution in [1.82, 2.24) is 15.1 Å². The van der Waals surface area contributed by atoms with E-state index in [1.54, 1.807) is 31.0 Å². The molecule has 0 radical (unpaired) electrons. The molecule has 1 aromatic heterocycles. The molecule has 1 unspecified atom stereocenters. The van der Waals surface area contributed by atoms with Crippen LogP contribution in [0.1, 0.15) is 17.3 Å². The van der Waals surface area contributed by atoms with Crippen LogP contribution in [0, 0.1) is 17.5 Å². The average Bonchev–Trinajstić information content (AvgIpc) is 2.77. The van der Waals surface area contributed by atoms with E-state index in [1.807, 2.05) is 0 Å². The van der Waals surface area contributed by atoms with Crippen molar-refractivity contribution in [1.29, 1.82) is 0 Å². The summed E-state index contributed by atoms with van der Waals surface area (Å²) >= 11 is 0. The van der Waals surface area contributed by atoms with Crippen molar-refractivity contribution in [2.75, 3.05) is 7.05 Å². The van der Waals surface area contributed by atoms with Gasteiger partial charge < -0.3 is 5.32 Å². The summed E-state index contributed by atoms with van der Waals surface area (Å²) in [6.07, 6.45) is 1.69. The monoisotopic (exact) mass is 255 g/mol. The lowest BCUT2D eigenvalue weighted by molar-refractivity contribution is 0.434. The highest BCUT2D eigenvalue weighted by molar-refractivity contribution is 5.29. The molecule has 0 saturated heterocycles. The number of hydrogen-bond acceptors (Lipinski definition) is 2. The largest absolute Gasteiger partial charge is 0.308 e. The highest BCUT2D eigenvalue weighted by Crippen LogP contribution is 2.25. The summed E-state index contributed by atoms with van der Waals surface area (Å²) in [6.45, 7) is 0. The van der Waals surface area contributed by atoms with Gasteiger partial charge in [-0.3, -0.25) is 4.68 Å². The molecular weight excluding hydrogens is 243 g/mol. The number of nitrogens with one attached hydrogen (secondary N) is 1. The second-order valence-electron chi connectivity index (χ2n) is 3.90. The number of halogens is 3. The van der Waals surface area contributed by atoms with Crippen molar-refractivity contribution in [2.24, 2.45) is 7.05 Å². The second kappa shape index (κ2) is 4.81. The van der Waals surface area contributed by atoms with Gasteiger partial charge in [0.05, 0.1) is 11.7 Å². The maximum atomic E-state index is 13.7. The molecule has 0 spiro atoms. The fraction of sp³-hybridized carbons (Fsp3) is 0.250. The molecule has 2 rings (SSSR count). The summed E-state index contributed by atoms with van der Waals surface area (Å²) < 4.78 is 41.3. The van der Waals surface area contributed by atoms with Crippen molar-refractivity contribution in [3.8, 4) is 0 Å². The van der Waals surface area contributed by atoms with Crippen LogP contribution in [0.15, 0.2) is 24.4 Å². The Kier molecular flexibility index (Phi) is 3.38. The number of aromatic nitrogens is 2. The van der Waals surface area contributed by atoms with Crippen LogP contribution in [0.2, 0.25) is 0 Å². The van der Waals surface area contributed by atoms with Crippen molar-refractivity contribution in [3.05, 3.63) is 53.1 Å². The second-order valence-corrected chi connectivity index (χ2v) is 3.90. The first-order valence-corrected chi connectivity index (χ1v) is 5.34. The highest BCUT2D eigenvalue weighted by atomic mass is 19.2. The van der Waals surface area contributed by atoms with Gasteiger partial charge in [-0.05, 0) is 19.2 Å². The van der Waals surface area contributed by atoms with Gasteiger partial charge in [0.15, 0.2) is 17.5 Å². The number of nitrogens with zero attached hydrogens (tertiary/aromatic N) is 2. The van der Waals surface area contributed by atoms with Gasteiger partial charge in [-0.2, -0.15) is 5.10 Å². The Morgan fingerprint density at radius 1 is 1.17 bits per heavy atom. The molecule has 0 bridgehead atoms. The topological polar surface area (TPSA) is 29.9 Å². The van der Waals surface area contributed by atoms with Crippen molar-refractivity contribution in [2.45, 2.75) is 6.04 Å². The Labute approximate surface area is 102 Å². The molecule has 3 nitrogen and oxygen atoms in total. The molecule has 1 aromatic carbocycles. The highest BCUT2D eigenvalue weighted by Gasteiger charge is 2.22. The summed E-state index contributed by atoms with van der Waals surface area (Å²) in [5.41, 5.74) is 0.556. The zero-order valence-electron chi connectivity index (χ0n) is 9.92. The third-order valence-corrected chi connectivity index (χ3v) is 2.69. The minimum absolute atomic E-state index is 0.0232. The maximum absolute atomic E-state index is 13.7. The Hall–Kier alpha value is -1.82. The van der Waals surface area contributed by atoms with Crippen molar-refractivity contribution < 1.29 is 13.2 Å². The Bertz CT molecular complexity index is 566. The molecular formula is C12H12F3N3. The molecule has 2 aromatic rings. The van der Waals surface area contributed by atoms with Gasteiger partial charge in [0.1, 0.15) is 0 Å². The molecule has 1 heterocycles. The number of benzene rings is 1. The van der Waals surface area contributed by atoms with E-state index in [0.29, 0.717) is 5.69 Å². The first kappa shape index (κ1) is 12.6. The molecule has 0 fully saturated rings. The lowest BCUT2D eigenvalue weighted by Gasteiger charge is -2.15. The Balaban J connectivity index is 2.49. The maximum Gasteiger partial charge on any atom is 0.194 e. The van der Waals surface area contributed by atoms with Crippen LogP contribution in [0.3, 0.4) is 0 Å². The van der Waals surface area contributed by atoms with Crippen LogP contribution in [0.5, 0.6) is 0 Å². The normalized spacial score (nSPS) is 12.7. The van der Waals surface area contributed by atoms with Gasteiger partial charge in [0.2, 0.25) is 0 Å². The molecule has 96 valence electrons. The molecule has 0 amide bonds. The van der Waals surface area contributed by atoms with E-state index in [4.69, 9.17) is 0 Å². The van der Waals surface area contributed by atoms with Gasteiger partial charge in [-0.25, -0.2) is 13.2 Å². The lowest BCUT2D eigenvalue weighted by Crippen LogP contribution is -2.20. The van der Waals surface area contributed by atoms with Gasteiger partial charge in [0, 0.05) is 18.8 Å². The molecule has 1 N–H and O–H groups in total.